The molecule has 0 N–H and O–H groups in total. The molecule has 0 atom stereocenters. The Hall–Kier alpha value is -3.22. The molecule has 3 aliphatic heterocycles. The van der Waals surface area contributed by atoms with Gasteiger partial charge in [-0.05, 0) is 48.4 Å². The summed E-state index contributed by atoms with van der Waals surface area (Å²) in [5, 5.41) is 0. The quantitative estimate of drug-likeness (QED) is 0.122. The Kier molecular flexibility index (Phi) is 9.32. The van der Waals surface area contributed by atoms with Crippen molar-refractivity contribution in [3.63, 3.8) is 0 Å². The Labute approximate surface area is 267 Å². The van der Waals surface area contributed by atoms with E-state index in [9.17, 15) is 30.7 Å². The normalized spacial score (nSPS) is 26.1. The molecule has 3 aromatic carbocycles. The van der Waals surface area contributed by atoms with Crippen LogP contribution in [0, 0.1) is 52.2 Å². The summed E-state index contributed by atoms with van der Waals surface area (Å²) in [6.07, 6.45) is 4.66. The van der Waals surface area contributed by atoms with Crippen LogP contribution in [0.3, 0.4) is 0 Å². The van der Waals surface area contributed by atoms with Crippen LogP contribution in [0.4, 0.5) is 35.1 Å². The van der Waals surface area contributed by atoms with Crippen molar-refractivity contribution >= 4 is 0 Å². The molecule has 3 heterocycles. The molecule has 0 radical (unpaired) electrons. The topological polar surface area (TPSA) is 36.9 Å². The van der Waals surface area contributed by atoms with Gasteiger partial charge in [0.05, 0.1) is 19.8 Å². The minimum atomic E-state index is -4.78. The molecule has 4 nitrogen and oxygen atoms in total. The molecule has 3 aromatic rings. The molecule has 3 saturated heterocycles. The molecule has 4 aliphatic rings. The zero-order valence-corrected chi connectivity index (χ0v) is 25.6. The van der Waals surface area contributed by atoms with Crippen molar-refractivity contribution in [2.75, 3.05) is 19.8 Å². The minimum absolute atomic E-state index is 0.100. The van der Waals surface area contributed by atoms with E-state index in [2.05, 4.69) is 11.7 Å². The van der Waals surface area contributed by atoms with Crippen molar-refractivity contribution in [1.82, 2.24) is 0 Å². The first-order valence-electron chi connectivity index (χ1n) is 15.8. The SMILES string of the molecule is CCCCCC1CCC(C23COC(c4ccc(-c5cc(F)c(C(F)(F)Oc6cc(F)c(F)c(F)c6)c(F)c5)c(F)c4)(OC2)OC3)CC1. The maximum absolute atomic E-state index is 15.4. The Balaban J connectivity index is 1.15. The van der Waals surface area contributed by atoms with Gasteiger partial charge in [-0.1, -0.05) is 57.6 Å². The van der Waals surface area contributed by atoms with Gasteiger partial charge in [0, 0.05) is 28.7 Å². The largest absolute Gasteiger partial charge is 0.432 e. The molecular formula is C35H34F8O4. The van der Waals surface area contributed by atoms with E-state index in [-0.39, 0.29) is 28.7 Å². The van der Waals surface area contributed by atoms with Crippen LogP contribution in [-0.2, 0) is 26.3 Å². The number of benzene rings is 3. The van der Waals surface area contributed by atoms with Crippen LogP contribution in [0.1, 0.15) is 69.4 Å². The molecule has 12 heteroatoms. The van der Waals surface area contributed by atoms with Gasteiger partial charge in [0.15, 0.2) is 17.5 Å². The van der Waals surface area contributed by atoms with E-state index in [1.807, 2.05) is 0 Å². The summed E-state index contributed by atoms with van der Waals surface area (Å²) in [4.78, 5) is 0. The molecule has 1 saturated carbocycles. The first-order valence-corrected chi connectivity index (χ1v) is 15.8. The van der Waals surface area contributed by atoms with Gasteiger partial charge in [0.25, 0.3) is 0 Å². The van der Waals surface area contributed by atoms with E-state index in [1.54, 1.807) is 0 Å². The van der Waals surface area contributed by atoms with Crippen LogP contribution in [-0.4, -0.2) is 19.8 Å². The van der Waals surface area contributed by atoms with E-state index in [1.165, 1.54) is 37.8 Å². The van der Waals surface area contributed by atoms with E-state index >= 15 is 4.39 Å². The number of alkyl halides is 2. The molecule has 0 spiro atoms. The fourth-order valence-electron chi connectivity index (χ4n) is 7.05. The average Bonchev–Trinajstić information content (AvgIpc) is 3.04. The number of hydrogen-bond acceptors (Lipinski definition) is 4. The summed E-state index contributed by atoms with van der Waals surface area (Å²) in [6, 6.07) is 4.76. The molecule has 4 fully saturated rings. The van der Waals surface area contributed by atoms with Gasteiger partial charge in [-0.15, -0.1) is 0 Å². The summed E-state index contributed by atoms with van der Waals surface area (Å²) in [6.45, 7) is 3.31. The Morgan fingerprint density at radius 2 is 1.34 bits per heavy atom. The van der Waals surface area contributed by atoms with Gasteiger partial charge in [-0.25, -0.2) is 26.3 Å². The van der Waals surface area contributed by atoms with Gasteiger partial charge in [-0.2, -0.15) is 8.78 Å². The van der Waals surface area contributed by atoms with Gasteiger partial charge >= 0.3 is 12.1 Å². The highest BCUT2D eigenvalue weighted by atomic mass is 19.3. The fourth-order valence-corrected chi connectivity index (χ4v) is 7.05. The number of fused-ring (bicyclic) bond motifs is 3. The molecular weight excluding hydrogens is 636 g/mol. The van der Waals surface area contributed by atoms with Crippen LogP contribution in [0.2, 0.25) is 0 Å². The van der Waals surface area contributed by atoms with Crippen LogP contribution in [0.25, 0.3) is 11.1 Å². The van der Waals surface area contributed by atoms with Crippen molar-refractivity contribution in [2.45, 2.75) is 70.4 Å². The van der Waals surface area contributed by atoms with Gasteiger partial charge < -0.3 is 18.9 Å². The van der Waals surface area contributed by atoms with Crippen molar-refractivity contribution in [3.8, 4) is 16.9 Å². The van der Waals surface area contributed by atoms with Gasteiger partial charge in [0.2, 0.25) is 0 Å². The summed E-state index contributed by atoms with van der Waals surface area (Å²) >= 11 is 0. The Morgan fingerprint density at radius 1 is 0.745 bits per heavy atom. The molecule has 2 bridgehead atoms. The number of rotatable bonds is 10. The highest BCUT2D eigenvalue weighted by Gasteiger charge is 2.57. The molecule has 1 aliphatic carbocycles. The van der Waals surface area contributed by atoms with Crippen molar-refractivity contribution < 1.29 is 54.1 Å². The van der Waals surface area contributed by atoms with Crippen molar-refractivity contribution in [2.24, 2.45) is 17.3 Å². The highest BCUT2D eigenvalue weighted by molar-refractivity contribution is 5.65. The maximum atomic E-state index is 15.4. The fraction of sp³-hybridized carbons (Fsp3) is 0.486. The van der Waals surface area contributed by atoms with E-state index in [4.69, 9.17) is 14.2 Å². The predicted octanol–water partition coefficient (Wildman–Crippen LogP) is 9.88. The number of halogens is 8. The van der Waals surface area contributed by atoms with Crippen molar-refractivity contribution in [1.29, 1.82) is 0 Å². The lowest BCUT2D eigenvalue weighted by atomic mass is 9.66. The monoisotopic (exact) mass is 670 g/mol. The summed E-state index contributed by atoms with van der Waals surface area (Å²) in [5.41, 5.74) is -2.74. The molecule has 254 valence electrons. The molecule has 0 amide bonds. The highest BCUT2D eigenvalue weighted by Crippen LogP contribution is 2.52. The maximum Gasteiger partial charge on any atom is 0.432 e. The first-order chi connectivity index (χ1) is 22.4. The minimum Gasteiger partial charge on any atom is -0.429 e. The molecule has 47 heavy (non-hydrogen) atoms. The van der Waals surface area contributed by atoms with Crippen molar-refractivity contribution in [3.05, 3.63) is 88.5 Å². The molecule has 0 unspecified atom stereocenters. The summed E-state index contributed by atoms with van der Waals surface area (Å²) < 4.78 is 137. The second-order valence-corrected chi connectivity index (χ2v) is 12.8. The smallest absolute Gasteiger partial charge is 0.429 e. The summed E-state index contributed by atoms with van der Waals surface area (Å²) in [5.74, 6) is -12.0. The lowest BCUT2D eigenvalue weighted by Crippen LogP contribution is -2.61. The number of unbranched alkanes of at least 4 members (excludes halogenated alkanes) is 2. The Bertz CT molecular complexity index is 1550. The van der Waals surface area contributed by atoms with Crippen LogP contribution < -0.4 is 4.74 Å². The number of hydrogen-bond donors (Lipinski definition) is 0. The zero-order valence-electron chi connectivity index (χ0n) is 25.6. The zero-order chi connectivity index (χ0) is 33.6. The second kappa shape index (κ2) is 13.0. The van der Waals surface area contributed by atoms with Gasteiger partial charge in [0.1, 0.15) is 28.8 Å². The second-order valence-electron chi connectivity index (χ2n) is 12.8. The third kappa shape index (κ3) is 6.48. The Morgan fingerprint density at radius 3 is 1.89 bits per heavy atom. The van der Waals surface area contributed by atoms with E-state index < -0.39 is 63.9 Å². The van der Waals surface area contributed by atoms with E-state index in [0.29, 0.717) is 37.9 Å². The third-order valence-corrected chi connectivity index (χ3v) is 9.75. The lowest BCUT2D eigenvalue weighted by Gasteiger charge is -2.55. The molecule has 7 rings (SSSR count). The third-order valence-electron chi connectivity index (χ3n) is 9.75. The van der Waals surface area contributed by atoms with Crippen LogP contribution in [0.5, 0.6) is 5.75 Å². The summed E-state index contributed by atoms with van der Waals surface area (Å²) in [7, 11) is 0. The molecule has 0 aromatic heterocycles. The van der Waals surface area contributed by atoms with Crippen LogP contribution in [0.15, 0.2) is 42.5 Å². The van der Waals surface area contributed by atoms with E-state index in [0.717, 1.165) is 37.7 Å². The van der Waals surface area contributed by atoms with Crippen LogP contribution >= 0.6 is 0 Å². The number of ether oxygens (including phenoxy) is 4. The lowest BCUT2D eigenvalue weighted by molar-refractivity contribution is -0.486. The first kappa shape index (κ1) is 33.7. The van der Waals surface area contributed by atoms with Gasteiger partial charge in [-0.3, -0.25) is 0 Å². The predicted molar refractivity (Wildman–Crippen MR) is 154 cm³/mol. The average molecular weight is 671 g/mol. The standard InChI is InChI=1S/C35H34F8O4/c1-2-3-4-5-20-6-8-22(9-7-20)33-17-44-35(45-18-33,46-19-33)23-10-11-25(26(36)14-23)21-12-27(37)31(28(38)13-21)34(42,43)47-24-15-29(39)32(41)30(40)16-24/h10-16,20,22H,2-9,17-19H2,1H3.